The summed E-state index contributed by atoms with van der Waals surface area (Å²) in [6.07, 6.45) is 10.2. The highest BCUT2D eigenvalue weighted by atomic mass is 16.2. The van der Waals surface area contributed by atoms with Crippen molar-refractivity contribution in [3.8, 4) is 0 Å². The SMILES string of the molecule is CC(C)n1cnc([C@@H]2CN(C(=O)C3CC3)C[C@@]23CCN(Cc2cccnc2)C3=O)c1. The molecule has 3 fully saturated rings. The molecule has 30 heavy (non-hydrogen) atoms. The molecule has 2 aromatic heterocycles. The second-order valence-electron chi connectivity index (χ2n) is 9.38. The van der Waals surface area contributed by atoms with Gasteiger partial charge < -0.3 is 14.4 Å². The summed E-state index contributed by atoms with van der Waals surface area (Å²) in [4.78, 5) is 39.4. The molecule has 2 atom stereocenters. The molecule has 1 spiro atoms. The molecule has 0 N–H and O–H groups in total. The fraction of sp³-hybridized carbons (Fsp3) is 0.565. The van der Waals surface area contributed by atoms with Gasteiger partial charge >= 0.3 is 0 Å². The molecule has 0 radical (unpaired) electrons. The number of nitrogens with zero attached hydrogens (tertiary/aromatic N) is 5. The van der Waals surface area contributed by atoms with Gasteiger partial charge in [-0.2, -0.15) is 0 Å². The third-order valence-corrected chi connectivity index (χ3v) is 6.99. The average molecular weight is 408 g/mol. The summed E-state index contributed by atoms with van der Waals surface area (Å²) in [7, 11) is 0. The van der Waals surface area contributed by atoms with Crippen molar-refractivity contribution in [1.82, 2.24) is 24.3 Å². The van der Waals surface area contributed by atoms with E-state index in [2.05, 4.69) is 34.6 Å². The predicted molar refractivity (Wildman–Crippen MR) is 111 cm³/mol. The van der Waals surface area contributed by atoms with Crippen LogP contribution in [0.15, 0.2) is 37.1 Å². The number of rotatable bonds is 5. The third-order valence-electron chi connectivity index (χ3n) is 6.99. The van der Waals surface area contributed by atoms with Gasteiger partial charge in [-0.05, 0) is 44.7 Å². The molecule has 2 aliphatic heterocycles. The number of carbonyl (C=O) groups excluding carboxylic acids is 2. The third kappa shape index (κ3) is 3.20. The number of carbonyl (C=O) groups is 2. The molecule has 0 aromatic carbocycles. The highest BCUT2D eigenvalue weighted by Gasteiger charge is 2.59. The smallest absolute Gasteiger partial charge is 0.231 e. The van der Waals surface area contributed by atoms with Gasteiger partial charge in [0.15, 0.2) is 0 Å². The summed E-state index contributed by atoms with van der Waals surface area (Å²) >= 11 is 0. The molecule has 7 nitrogen and oxygen atoms in total. The number of likely N-dealkylation sites (tertiary alicyclic amines) is 2. The van der Waals surface area contributed by atoms with Gasteiger partial charge in [0.05, 0.1) is 17.4 Å². The maximum Gasteiger partial charge on any atom is 0.231 e. The molecule has 0 bridgehead atoms. The predicted octanol–water partition coefficient (Wildman–Crippen LogP) is 2.61. The first kappa shape index (κ1) is 19.3. The van der Waals surface area contributed by atoms with Crippen LogP contribution in [0.25, 0.3) is 0 Å². The van der Waals surface area contributed by atoms with E-state index < -0.39 is 5.41 Å². The Hall–Kier alpha value is -2.70. The standard InChI is InChI=1S/C23H29N5O2/c1-16(2)28-13-20(25-15-28)19-12-27(21(29)18-5-6-18)14-23(19)7-9-26(22(23)30)11-17-4-3-8-24-10-17/h3-4,8,10,13,15-16,18-19H,5-7,9,11-12,14H2,1-2H3/t19-,23-/m0/s1. The lowest BCUT2D eigenvalue weighted by Gasteiger charge is -2.28. The van der Waals surface area contributed by atoms with Crippen molar-refractivity contribution in [2.75, 3.05) is 19.6 Å². The minimum absolute atomic E-state index is 0.0494. The zero-order valence-corrected chi connectivity index (χ0v) is 17.7. The topological polar surface area (TPSA) is 71.3 Å². The second-order valence-corrected chi connectivity index (χ2v) is 9.38. The molecule has 3 aliphatic rings. The summed E-state index contributed by atoms with van der Waals surface area (Å²) in [5.41, 5.74) is 1.40. The quantitative estimate of drug-likeness (QED) is 0.764. The van der Waals surface area contributed by atoms with Crippen LogP contribution >= 0.6 is 0 Å². The maximum atomic E-state index is 13.7. The van der Waals surface area contributed by atoms with Gasteiger partial charge in [-0.3, -0.25) is 14.6 Å². The van der Waals surface area contributed by atoms with E-state index in [0.29, 0.717) is 32.2 Å². The van der Waals surface area contributed by atoms with Crippen LogP contribution in [0.5, 0.6) is 0 Å². The van der Waals surface area contributed by atoms with Gasteiger partial charge in [-0.25, -0.2) is 4.98 Å². The molecule has 4 heterocycles. The van der Waals surface area contributed by atoms with Crippen molar-refractivity contribution in [3.63, 3.8) is 0 Å². The number of amides is 2. The molecular formula is C23H29N5O2. The molecule has 5 rings (SSSR count). The first-order chi connectivity index (χ1) is 14.5. The van der Waals surface area contributed by atoms with Crippen molar-refractivity contribution < 1.29 is 9.59 Å². The lowest BCUT2D eigenvalue weighted by atomic mass is 9.75. The van der Waals surface area contributed by atoms with E-state index in [1.807, 2.05) is 34.5 Å². The Morgan fingerprint density at radius 2 is 2.17 bits per heavy atom. The van der Waals surface area contributed by atoms with Crippen molar-refractivity contribution in [2.45, 2.75) is 51.6 Å². The molecule has 158 valence electrons. The van der Waals surface area contributed by atoms with E-state index in [1.165, 1.54) is 0 Å². The molecule has 0 unspecified atom stereocenters. The largest absolute Gasteiger partial charge is 0.341 e. The highest BCUT2D eigenvalue weighted by Crippen LogP contribution is 2.51. The van der Waals surface area contributed by atoms with Crippen LogP contribution in [0.4, 0.5) is 0 Å². The van der Waals surface area contributed by atoms with E-state index >= 15 is 0 Å². The summed E-state index contributed by atoms with van der Waals surface area (Å²) in [5.74, 6) is 0.490. The highest BCUT2D eigenvalue weighted by molar-refractivity contribution is 5.89. The van der Waals surface area contributed by atoms with Crippen LogP contribution in [-0.2, 0) is 16.1 Å². The zero-order valence-electron chi connectivity index (χ0n) is 17.7. The first-order valence-electron chi connectivity index (χ1n) is 11.0. The number of hydrogen-bond donors (Lipinski definition) is 0. The van der Waals surface area contributed by atoms with Crippen molar-refractivity contribution in [2.24, 2.45) is 11.3 Å². The summed E-state index contributed by atoms with van der Waals surface area (Å²) in [5, 5.41) is 0. The molecule has 1 aliphatic carbocycles. The Morgan fingerprint density at radius 3 is 2.83 bits per heavy atom. The fourth-order valence-corrected chi connectivity index (χ4v) is 5.05. The number of aromatic nitrogens is 3. The molecule has 7 heteroatoms. The Morgan fingerprint density at radius 1 is 1.33 bits per heavy atom. The van der Waals surface area contributed by atoms with Crippen LogP contribution in [0.2, 0.25) is 0 Å². The summed E-state index contributed by atoms with van der Waals surface area (Å²) in [6.45, 7) is 6.63. The zero-order chi connectivity index (χ0) is 20.9. The van der Waals surface area contributed by atoms with Gasteiger partial charge in [-0.1, -0.05) is 6.07 Å². The summed E-state index contributed by atoms with van der Waals surface area (Å²) < 4.78 is 2.08. The van der Waals surface area contributed by atoms with Crippen LogP contribution in [0, 0.1) is 11.3 Å². The van der Waals surface area contributed by atoms with Crippen LogP contribution in [-0.4, -0.2) is 55.8 Å². The lowest BCUT2D eigenvalue weighted by molar-refractivity contribution is -0.137. The van der Waals surface area contributed by atoms with Gasteiger partial charge in [0.1, 0.15) is 0 Å². The van der Waals surface area contributed by atoms with Crippen molar-refractivity contribution in [1.29, 1.82) is 0 Å². The molecular weight excluding hydrogens is 378 g/mol. The Kier molecular flexibility index (Phi) is 4.64. The fourth-order valence-electron chi connectivity index (χ4n) is 5.05. The maximum absolute atomic E-state index is 13.7. The van der Waals surface area contributed by atoms with E-state index in [1.54, 1.807) is 6.20 Å². The number of hydrogen-bond acceptors (Lipinski definition) is 4. The normalized spacial score (nSPS) is 26.4. The van der Waals surface area contributed by atoms with Crippen LogP contribution in [0.1, 0.15) is 56.3 Å². The summed E-state index contributed by atoms with van der Waals surface area (Å²) in [6, 6.07) is 4.22. The molecule has 2 saturated heterocycles. The Bertz CT molecular complexity index is 952. The van der Waals surface area contributed by atoms with Crippen LogP contribution < -0.4 is 0 Å². The van der Waals surface area contributed by atoms with E-state index in [9.17, 15) is 9.59 Å². The number of imidazole rings is 1. The Labute approximate surface area is 177 Å². The Balaban J connectivity index is 1.44. The van der Waals surface area contributed by atoms with Crippen molar-refractivity contribution in [3.05, 3.63) is 48.3 Å². The van der Waals surface area contributed by atoms with Crippen molar-refractivity contribution >= 4 is 11.8 Å². The van der Waals surface area contributed by atoms with Gasteiger partial charge in [0, 0.05) is 62.6 Å². The second kappa shape index (κ2) is 7.22. The monoisotopic (exact) mass is 407 g/mol. The van der Waals surface area contributed by atoms with Crippen LogP contribution in [0.3, 0.4) is 0 Å². The molecule has 2 amide bonds. The van der Waals surface area contributed by atoms with Gasteiger partial charge in [0.25, 0.3) is 0 Å². The van der Waals surface area contributed by atoms with E-state index in [-0.39, 0.29) is 23.7 Å². The lowest BCUT2D eigenvalue weighted by Crippen LogP contribution is -2.40. The van der Waals surface area contributed by atoms with E-state index in [0.717, 1.165) is 30.5 Å². The minimum atomic E-state index is -0.567. The molecule has 1 saturated carbocycles. The average Bonchev–Trinajstić information content (AvgIpc) is 3.23. The van der Waals surface area contributed by atoms with Gasteiger partial charge in [0.2, 0.25) is 11.8 Å². The molecule has 2 aromatic rings. The first-order valence-corrected chi connectivity index (χ1v) is 11.0. The van der Waals surface area contributed by atoms with Gasteiger partial charge in [-0.15, -0.1) is 0 Å². The minimum Gasteiger partial charge on any atom is -0.341 e. The van der Waals surface area contributed by atoms with E-state index in [4.69, 9.17) is 0 Å². The number of pyridine rings is 1.